The van der Waals surface area contributed by atoms with Crippen LogP contribution in [0.25, 0.3) is 21.5 Å². The van der Waals surface area contributed by atoms with Crippen LogP contribution in [0.2, 0.25) is 0 Å². The van der Waals surface area contributed by atoms with Crippen molar-refractivity contribution >= 4 is 21.5 Å². The number of benzene rings is 3. The van der Waals surface area contributed by atoms with Crippen molar-refractivity contribution < 1.29 is 0 Å². The lowest BCUT2D eigenvalue weighted by molar-refractivity contribution is 0.670. The highest BCUT2D eigenvalue weighted by molar-refractivity contribution is 6.02. The average molecular weight is 261 g/mol. The second-order valence-electron chi connectivity index (χ2n) is 5.21. The predicted octanol–water partition coefficient (Wildman–Crippen LogP) is 4.96. The van der Waals surface area contributed by atoms with Crippen molar-refractivity contribution in [1.29, 1.82) is 0 Å². The molecule has 20 heavy (non-hydrogen) atoms. The first kappa shape index (κ1) is 12.9. The summed E-state index contributed by atoms with van der Waals surface area (Å²) in [5.74, 6) is 0. The van der Waals surface area contributed by atoms with Gasteiger partial charge < -0.3 is 5.73 Å². The zero-order valence-electron chi connectivity index (χ0n) is 11.5. The fraction of sp³-hybridized carbons (Fsp3) is 0.158. The lowest BCUT2D eigenvalue weighted by atomic mass is 9.91. The van der Waals surface area contributed by atoms with E-state index in [9.17, 15) is 0 Å². The average Bonchev–Trinajstić information content (AvgIpc) is 2.50. The molecule has 1 heteroatoms. The molecule has 0 aliphatic heterocycles. The Kier molecular flexibility index (Phi) is 3.53. The van der Waals surface area contributed by atoms with E-state index in [4.69, 9.17) is 5.73 Å². The largest absolute Gasteiger partial charge is 0.324 e. The monoisotopic (exact) mass is 261 g/mol. The molecule has 3 rings (SSSR count). The maximum absolute atomic E-state index is 6.47. The summed E-state index contributed by atoms with van der Waals surface area (Å²) in [7, 11) is 0. The Morgan fingerprint density at radius 3 is 2.05 bits per heavy atom. The van der Waals surface area contributed by atoms with E-state index in [1.165, 1.54) is 27.1 Å². The van der Waals surface area contributed by atoms with E-state index in [-0.39, 0.29) is 6.04 Å². The molecule has 0 aliphatic carbocycles. The normalized spacial score (nSPS) is 12.7. The van der Waals surface area contributed by atoms with Gasteiger partial charge in [0.15, 0.2) is 0 Å². The standard InChI is InChI=1S/C19H19N/c1-2-3-12-18(20)19-16-10-6-4-8-14(16)13-15-9-5-7-11-17(15)19/h2,4-11,13,18H,1,3,12,20H2/t18-/m1/s1. The summed E-state index contributed by atoms with van der Waals surface area (Å²) < 4.78 is 0. The van der Waals surface area contributed by atoms with E-state index in [1.807, 2.05) is 6.08 Å². The van der Waals surface area contributed by atoms with E-state index >= 15 is 0 Å². The van der Waals surface area contributed by atoms with Gasteiger partial charge in [0.2, 0.25) is 0 Å². The molecule has 2 N–H and O–H groups in total. The Labute approximate surface area is 119 Å². The van der Waals surface area contributed by atoms with Gasteiger partial charge in [-0.15, -0.1) is 6.58 Å². The van der Waals surface area contributed by atoms with Crippen LogP contribution in [0.1, 0.15) is 24.4 Å². The topological polar surface area (TPSA) is 26.0 Å². The summed E-state index contributed by atoms with van der Waals surface area (Å²) >= 11 is 0. The van der Waals surface area contributed by atoms with Crippen molar-refractivity contribution in [3.05, 3.63) is 72.8 Å². The molecule has 0 aromatic heterocycles. The van der Waals surface area contributed by atoms with Crippen LogP contribution in [-0.4, -0.2) is 0 Å². The van der Waals surface area contributed by atoms with Crippen molar-refractivity contribution in [1.82, 2.24) is 0 Å². The molecule has 3 aromatic carbocycles. The van der Waals surface area contributed by atoms with Gasteiger partial charge >= 0.3 is 0 Å². The van der Waals surface area contributed by atoms with E-state index in [2.05, 4.69) is 61.2 Å². The molecular formula is C19H19N. The Morgan fingerprint density at radius 2 is 1.50 bits per heavy atom. The van der Waals surface area contributed by atoms with Crippen LogP contribution in [0.15, 0.2) is 67.3 Å². The predicted molar refractivity (Wildman–Crippen MR) is 87.8 cm³/mol. The van der Waals surface area contributed by atoms with Crippen molar-refractivity contribution in [2.24, 2.45) is 5.73 Å². The summed E-state index contributed by atoms with van der Waals surface area (Å²) in [4.78, 5) is 0. The fourth-order valence-corrected chi connectivity index (χ4v) is 2.89. The molecule has 0 spiro atoms. The third-order valence-electron chi connectivity index (χ3n) is 3.87. The Morgan fingerprint density at radius 1 is 0.950 bits per heavy atom. The maximum atomic E-state index is 6.47. The molecule has 0 aliphatic rings. The summed E-state index contributed by atoms with van der Waals surface area (Å²) in [5, 5.41) is 5.05. The molecule has 1 nitrogen and oxygen atoms in total. The minimum Gasteiger partial charge on any atom is -0.324 e. The number of allylic oxidation sites excluding steroid dienone is 1. The lowest BCUT2D eigenvalue weighted by Gasteiger charge is -2.17. The van der Waals surface area contributed by atoms with Gasteiger partial charge in [0.25, 0.3) is 0 Å². The van der Waals surface area contributed by atoms with E-state index in [0.29, 0.717) is 0 Å². The first-order valence-corrected chi connectivity index (χ1v) is 7.08. The zero-order valence-corrected chi connectivity index (χ0v) is 11.5. The summed E-state index contributed by atoms with van der Waals surface area (Å²) in [6, 6.07) is 19.3. The fourth-order valence-electron chi connectivity index (χ4n) is 2.89. The molecule has 100 valence electrons. The maximum Gasteiger partial charge on any atom is 0.0310 e. The smallest absolute Gasteiger partial charge is 0.0310 e. The number of hydrogen-bond donors (Lipinski definition) is 1. The quantitative estimate of drug-likeness (QED) is 0.521. The first-order chi connectivity index (χ1) is 9.81. The second kappa shape index (κ2) is 5.48. The van der Waals surface area contributed by atoms with Crippen molar-refractivity contribution in [3.63, 3.8) is 0 Å². The van der Waals surface area contributed by atoms with Gasteiger partial charge in [-0.05, 0) is 46.0 Å². The van der Waals surface area contributed by atoms with Gasteiger partial charge in [-0.25, -0.2) is 0 Å². The van der Waals surface area contributed by atoms with E-state index in [1.54, 1.807) is 0 Å². The molecule has 0 unspecified atom stereocenters. The minimum absolute atomic E-state index is 0.0454. The van der Waals surface area contributed by atoms with Crippen molar-refractivity contribution in [2.45, 2.75) is 18.9 Å². The molecular weight excluding hydrogens is 242 g/mol. The highest BCUT2D eigenvalue weighted by Gasteiger charge is 2.13. The molecule has 0 bridgehead atoms. The van der Waals surface area contributed by atoms with Crippen LogP contribution in [0.3, 0.4) is 0 Å². The molecule has 0 saturated heterocycles. The molecule has 0 saturated carbocycles. The Hall–Kier alpha value is -2.12. The SMILES string of the molecule is C=CCC[C@@H](N)c1c2ccccc2cc2ccccc12. The second-order valence-corrected chi connectivity index (χ2v) is 5.21. The number of hydrogen-bond acceptors (Lipinski definition) is 1. The van der Waals surface area contributed by atoms with E-state index in [0.717, 1.165) is 12.8 Å². The van der Waals surface area contributed by atoms with Crippen molar-refractivity contribution in [2.75, 3.05) is 0 Å². The molecule has 3 aromatic rings. The lowest BCUT2D eigenvalue weighted by Crippen LogP contribution is -2.11. The van der Waals surface area contributed by atoms with Crippen molar-refractivity contribution in [3.8, 4) is 0 Å². The molecule has 1 atom stereocenters. The molecule has 0 heterocycles. The first-order valence-electron chi connectivity index (χ1n) is 7.08. The van der Waals surface area contributed by atoms with Crippen LogP contribution < -0.4 is 5.73 Å². The number of nitrogens with two attached hydrogens (primary N) is 1. The van der Waals surface area contributed by atoms with Crippen LogP contribution in [0.4, 0.5) is 0 Å². The number of rotatable bonds is 4. The molecule has 0 radical (unpaired) electrons. The summed E-state index contributed by atoms with van der Waals surface area (Å²) in [6.07, 6.45) is 3.81. The van der Waals surface area contributed by atoms with Gasteiger partial charge in [-0.2, -0.15) is 0 Å². The number of fused-ring (bicyclic) bond motifs is 2. The molecule has 0 fully saturated rings. The van der Waals surface area contributed by atoms with Crippen LogP contribution in [0.5, 0.6) is 0 Å². The Bertz CT molecular complexity index is 704. The van der Waals surface area contributed by atoms with Crippen LogP contribution in [0, 0.1) is 0 Å². The van der Waals surface area contributed by atoms with Crippen LogP contribution in [-0.2, 0) is 0 Å². The summed E-state index contributed by atoms with van der Waals surface area (Å²) in [5.41, 5.74) is 7.73. The molecule has 0 amide bonds. The third-order valence-corrected chi connectivity index (χ3v) is 3.87. The van der Waals surface area contributed by atoms with Gasteiger partial charge in [-0.3, -0.25) is 0 Å². The van der Waals surface area contributed by atoms with Crippen LogP contribution >= 0.6 is 0 Å². The zero-order chi connectivity index (χ0) is 13.9. The minimum atomic E-state index is 0.0454. The van der Waals surface area contributed by atoms with Gasteiger partial charge in [-0.1, -0.05) is 54.6 Å². The third kappa shape index (κ3) is 2.21. The van der Waals surface area contributed by atoms with Gasteiger partial charge in [0, 0.05) is 6.04 Å². The van der Waals surface area contributed by atoms with Gasteiger partial charge in [0.05, 0.1) is 0 Å². The highest BCUT2D eigenvalue weighted by Crippen LogP contribution is 2.33. The highest BCUT2D eigenvalue weighted by atomic mass is 14.6. The Balaban J connectivity index is 2.30. The summed E-state index contributed by atoms with van der Waals surface area (Å²) in [6.45, 7) is 3.80. The van der Waals surface area contributed by atoms with E-state index < -0.39 is 0 Å². The van der Waals surface area contributed by atoms with Gasteiger partial charge in [0.1, 0.15) is 0 Å².